The summed E-state index contributed by atoms with van der Waals surface area (Å²) >= 11 is 0. The van der Waals surface area contributed by atoms with Gasteiger partial charge in [-0.2, -0.15) is 4.39 Å². The Kier molecular flexibility index (Phi) is 3.17. The van der Waals surface area contributed by atoms with E-state index in [1.54, 1.807) is 12.1 Å². The van der Waals surface area contributed by atoms with Crippen molar-refractivity contribution in [3.8, 4) is 0 Å². The Bertz CT molecular complexity index is 250. The average molecular weight is 168 g/mol. The lowest BCUT2D eigenvalue weighted by molar-refractivity contribution is 0.530. The molecule has 0 saturated carbocycles. The summed E-state index contributed by atoms with van der Waals surface area (Å²) in [5.41, 5.74) is 6.24. The summed E-state index contributed by atoms with van der Waals surface area (Å²) < 4.78 is 13.0. The minimum absolute atomic E-state index is 0.219. The number of pyridine rings is 1. The molecule has 1 aromatic rings. The number of rotatable bonds is 3. The molecule has 0 spiro atoms. The molecule has 0 saturated heterocycles. The lowest BCUT2D eigenvalue weighted by Gasteiger charge is -2.09. The van der Waals surface area contributed by atoms with Crippen LogP contribution >= 0.6 is 0 Å². The maximum absolute atomic E-state index is 13.0. The van der Waals surface area contributed by atoms with Crippen molar-refractivity contribution in [1.82, 2.24) is 4.98 Å². The van der Waals surface area contributed by atoms with E-state index in [4.69, 9.17) is 5.73 Å². The Morgan fingerprint density at radius 1 is 1.67 bits per heavy atom. The largest absolute Gasteiger partial charge is 0.324 e. The molecule has 0 amide bonds. The van der Waals surface area contributed by atoms with Gasteiger partial charge in [0.25, 0.3) is 0 Å². The Balaban J connectivity index is 2.79. The third kappa shape index (κ3) is 2.01. The Labute approximate surface area is 71.6 Å². The molecular formula is C9H13FN2. The third-order valence-corrected chi connectivity index (χ3v) is 1.79. The molecule has 0 aliphatic rings. The molecule has 2 N–H and O–H groups in total. The van der Waals surface area contributed by atoms with Gasteiger partial charge in [-0.1, -0.05) is 19.4 Å². The SMILES string of the molecule is CCC[C@@H](N)c1cccnc1F. The first kappa shape index (κ1) is 9.13. The van der Waals surface area contributed by atoms with Crippen LogP contribution in [0.25, 0.3) is 0 Å². The van der Waals surface area contributed by atoms with E-state index >= 15 is 0 Å². The molecule has 3 heteroatoms. The van der Waals surface area contributed by atoms with Crippen LogP contribution < -0.4 is 5.73 Å². The summed E-state index contributed by atoms with van der Waals surface area (Å²) in [5.74, 6) is -0.446. The predicted octanol–water partition coefficient (Wildman–Crippen LogP) is 2.02. The van der Waals surface area contributed by atoms with E-state index in [-0.39, 0.29) is 6.04 Å². The van der Waals surface area contributed by atoms with Crippen molar-refractivity contribution in [2.24, 2.45) is 5.73 Å². The number of aromatic nitrogens is 1. The van der Waals surface area contributed by atoms with Crippen LogP contribution in [0.1, 0.15) is 31.4 Å². The molecule has 1 rings (SSSR count). The zero-order chi connectivity index (χ0) is 8.97. The normalized spacial score (nSPS) is 12.9. The average Bonchev–Trinajstić information content (AvgIpc) is 2.05. The van der Waals surface area contributed by atoms with Crippen LogP contribution in [-0.2, 0) is 0 Å². The summed E-state index contributed by atoms with van der Waals surface area (Å²) in [6, 6.07) is 3.17. The van der Waals surface area contributed by atoms with Gasteiger partial charge in [0.05, 0.1) is 0 Å². The van der Waals surface area contributed by atoms with Gasteiger partial charge < -0.3 is 5.73 Å². The highest BCUT2D eigenvalue weighted by Gasteiger charge is 2.09. The molecule has 0 radical (unpaired) electrons. The molecule has 0 aromatic carbocycles. The van der Waals surface area contributed by atoms with Crippen LogP contribution in [0.5, 0.6) is 0 Å². The highest BCUT2D eigenvalue weighted by molar-refractivity contribution is 5.14. The van der Waals surface area contributed by atoms with Gasteiger partial charge in [0.15, 0.2) is 0 Å². The second kappa shape index (κ2) is 4.16. The summed E-state index contributed by atoms with van der Waals surface area (Å²) in [7, 11) is 0. The molecule has 66 valence electrons. The standard InChI is InChI=1S/C9H13FN2/c1-2-4-8(11)7-5-3-6-12-9(7)10/h3,5-6,8H,2,4,11H2,1H3/t8-/m1/s1. The molecule has 1 aromatic heterocycles. The topological polar surface area (TPSA) is 38.9 Å². The van der Waals surface area contributed by atoms with E-state index < -0.39 is 5.95 Å². The van der Waals surface area contributed by atoms with Crippen molar-refractivity contribution in [3.63, 3.8) is 0 Å². The quantitative estimate of drug-likeness (QED) is 0.701. The second-order valence-electron chi connectivity index (χ2n) is 2.78. The summed E-state index contributed by atoms with van der Waals surface area (Å²) in [5, 5.41) is 0. The number of nitrogens with zero attached hydrogens (tertiary/aromatic N) is 1. The minimum Gasteiger partial charge on any atom is -0.324 e. The predicted molar refractivity (Wildman–Crippen MR) is 46.0 cm³/mol. The summed E-state index contributed by atoms with van der Waals surface area (Å²) in [4.78, 5) is 3.54. The van der Waals surface area contributed by atoms with Crippen molar-refractivity contribution in [1.29, 1.82) is 0 Å². The zero-order valence-electron chi connectivity index (χ0n) is 7.13. The number of hydrogen-bond acceptors (Lipinski definition) is 2. The number of hydrogen-bond donors (Lipinski definition) is 1. The first-order chi connectivity index (χ1) is 5.75. The number of halogens is 1. The first-order valence-electron chi connectivity index (χ1n) is 4.11. The Hall–Kier alpha value is -0.960. The summed E-state index contributed by atoms with van der Waals surface area (Å²) in [6.07, 6.45) is 3.18. The van der Waals surface area contributed by atoms with Gasteiger partial charge in [-0.25, -0.2) is 4.98 Å². The number of nitrogens with two attached hydrogens (primary N) is 1. The van der Waals surface area contributed by atoms with E-state index in [9.17, 15) is 4.39 Å². The van der Waals surface area contributed by atoms with Crippen LogP contribution in [0.3, 0.4) is 0 Å². The molecule has 0 aliphatic heterocycles. The van der Waals surface area contributed by atoms with Crippen molar-refractivity contribution < 1.29 is 4.39 Å². The van der Waals surface area contributed by atoms with Gasteiger partial charge in [-0.15, -0.1) is 0 Å². The monoisotopic (exact) mass is 168 g/mol. The van der Waals surface area contributed by atoms with Gasteiger partial charge in [0.2, 0.25) is 5.95 Å². The summed E-state index contributed by atoms with van der Waals surface area (Å²) in [6.45, 7) is 2.02. The van der Waals surface area contributed by atoms with Crippen LogP contribution in [-0.4, -0.2) is 4.98 Å². The maximum Gasteiger partial charge on any atom is 0.217 e. The molecule has 0 unspecified atom stereocenters. The van der Waals surface area contributed by atoms with Crippen molar-refractivity contribution >= 4 is 0 Å². The fourth-order valence-electron chi connectivity index (χ4n) is 1.14. The van der Waals surface area contributed by atoms with Gasteiger partial charge in [0, 0.05) is 17.8 Å². The lowest BCUT2D eigenvalue weighted by Crippen LogP contribution is -2.12. The highest BCUT2D eigenvalue weighted by Crippen LogP contribution is 2.16. The maximum atomic E-state index is 13.0. The van der Waals surface area contributed by atoms with Crippen LogP contribution in [0.2, 0.25) is 0 Å². The molecule has 0 bridgehead atoms. The van der Waals surface area contributed by atoms with Crippen LogP contribution in [0.15, 0.2) is 18.3 Å². The third-order valence-electron chi connectivity index (χ3n) is 1.79. The van der Waals surface area contributed by atoms with Crippen LogP contribution in [0.4, 0.5) is 4.39 Å². The smallest absolute Gasteiger partial charge is 0.217 e. The first-order valence-corrected chi connectivity index (χ1v) is 4.11. The minimum atomic E-state index is -0.446. The molecule has 0 fully saturated rings. The zero-order valence-corrected chi connectivity index (χ0v) is 7.13. The molecule has 12 heavy (non-hydrogen) atoms. The van der Waals surface area contributed by atoms with E-state index in [1.807, 2.05) is 6.92 Å². The van der Waals surface area contributed by atoms with Crippen molar-refractivity contribution in [2.75, 3.05) is 0 Å². The lowest BCUT2D eigenvalue weighted by atomic mass is 10.1. The van der Waals surface area contributed by atoms with Gasteiger partial charge >= 0.3 is 0 Å². The van der Waals surface area contributed by atoms with Gasteiger partial charge in [0.1, 0.15) is 0 Å². The van der Waals surface area contributed by atoms with Crippen molar-refractivity contribution in [2.45, 2.75) is 25.8 Å². The van der Waals surface area contributed by atoms with Crippen LogP contribution in [0, 0.1) is 5.95 Å². The molecular weight excluding hydrogens is 155 g/mol. The Morgan fingerprint density at radius 3 is 3.00 bits per heavy atom. The molecule has 2 nitrogen and oxygen atoms in total. The van der Waals surface area contributed by atoms with E-state index in [1.165, 1.54) is 6.20 Å². The van der Waals surface area contributed by atoms with Gasteiger partial charge in [-0.3, -0.25) is 0 Å². The molecule has 0 aliphatic carbocycles. The fraction of sp³-hybridized carbons (Fsp3) is 0.444. The highest BCUT2D eigenvalue weighted by atomic mass is 19.1. The van der Waals surface area contributed by atoms with E-state index in [2.05, 4.69) is 4.98 Å². The van der Waals surface area contributed by atoms with Gasteiger partial charge in [-0.05, 0) is 12.5 Å². The van der Waals surface area contributed by atoms with E-state index in [0.29, 0.717) is 5.56 Å². The molecule has 1 atom stereocenters. The molecule has 1 heterocycles. The second-order valence-corrected chi connectivity index (χ2v) is 2.78. The fourth-order valence-corrected chi connectivity index (χ4v) is 1.14. The van der Waals surface area contributed by atoms with Crippen molar-refractivity contribution in [3.05, 3.63) is 29.8 Å². The Morgan fingerprint density at radius 2 is 2.42 bits per heavy atom. The van der Waals surface area contributed by atoms with E-state index in [0.717, 1.165) is 12.8 Å².